The van der Waals surface area contributed by atoms with Gasteiger partial charge in [-0.05, 0) is 43.0 Å². The second-order valence-corrected chi connectivity index (χ2v) is 11.8. The number of halogens is 2. The third-order valence-electron chi connectivity index (χ3n) is 7.40. The van der Waals surface area contributed by atoms with E-state index in [4.69, 9.17) is 24.4 Å². The molecular weight excluding hydrogens is 548 g/mol. The van der Waals surface area contributed by atoms with Crippen molar-refractivity contribution < 1.29 is 37.0 Å². The Bertz CT molecular complexity index is 1460. The van der Waals surface area contributed by atoms with Gasteiger partial charge in [0.15, 0.2) is 28.6 Å². The molecule has 4 rings (SSSR count). The summed E-state index contributed by atoms with van der Waals surface area (Å²) in [6.45, 7) is 9.37. The third-order valence-corrected chi connectivity index (χ3v) is 7.40. The van der Waals surface area contributed by atoms with E-state index in [-0.39, 0.29) is 29.5 Å². The molecule has 11 heteroatoms. The fourth-order valence-electron chi connectivity index (χ4n) is 5.13. The molecule has 9 nitrogen and oxygen atoms in total. The lowest BCUT2D eigenvalue weighted by molar-refractivity contribution is -0.119. The molecule has 3 aromatic rings. The number of nitrogens with one attached hydrogen (secondary N) is 1. The number of hydrogen-bond donors (Lipinski definition) is 2. The van der Waals surface area contributed by atoms with Gasteiger partial charge < -0.3 is 29.7 Å². The number of nitrogens with zero attached hydrogens (tertiary/aromatic N) is 1. The largest absolute Gasteiger partial charge is 0.493 e. The minimum atomic E-state index is -1.53. The lowest BCUT2D eigenvalue weighted by atomic mass is 9.67. The summed E-state index contributed by atoms with van der Waals surface area (Å²) in [5, 5.41) is 2.63. The molecule has 1 atom stereocenters. The molecule has 0 spiro atoms. The predicted octanol–water partition coefficient (Wildman–Crippen LogP) is 6.34. The summed E-state index contributed by atoms with van der Waals surface area (Å²) in [6.07, 6.45) is 1.15. The van der Waals surface area contributed by atoms with Gasteiger partial charge in [0.25, 0.3) is 5.91 Å². The minimum absolute atomic E-state index is 0.0212. The Morgan fingerprint density at radius 3 is 2.40 bits per heavy atom. The molecule has 2 aromatic carbocycles. The number of aromatic nitrogens is 1. The van der Waals surface area contributed by atoms with Gasteiger partial charge in [-0.25, -0.2) is 18.6 Å². The van der Waals surface area contributed by atoms with Gasteiger partial charge >= 0.3 is 6.09 Å². The van der Waals surface area contributed by atoms with Crippen LogP contribution >= 0.6 is 0 Å². The van der Waals surface area contributed by atoms with Crippen molar-refractivity contribution in [3.63, 3.8) is 0 Å². The van der Waals surface area contributed by atoms with Crippen molar-refractivity contribution in [2.45, 2.75) is 59.6 Å². The first kappa shape index (κ1) is 30.8. The Kier molecular flexibility index (Phi) is 8.79. The first-order valence-electron chi connectivity index (χ1n) is 13.8. The average molecular weight is 586 g/mol. The van der Waals surface area contributed by atoms with Crippen LogP contribution in [0.4, 0.5) is 13.6 Å². The van der Waals surface area contributed by atoms with Crippen molar-refractivity contribution in [3.8, 4) is 23.0 Å². The van der Waals surface area contributed by atoms with Gasteiger partial charge in [0, 0.05) is 35.1 Å². The lowest BCUT2D eigenvalue weighted by Gasteiger charge is -2.44. The summed E-state index contributed by atoms with van der Waals surface area (Å²) >= 11 is 0. The van der Waals surface area contributed by atoms with Crippen molar-refractivity contribution in [2.75, 3.05) is 13.7 Å². The van der Waals surface area contributed by atoms with Crippen LogP contribution in [0.3, 0.4) is 0 Å². The van der Waals surface area contributed by atoms with E-state index in [9.17, 15) is 18.4 Å². The standard InChI is InChI=1S/C31H37F2N3O6/c1-17(2)31(30(3,4)5,42-29(34)38)26-25(27(37)35-15-20-9-11-21(32)14-22(20)33)36-28(41-26)19-10-12-23(39-6)24(13-19)40-16-18-7-8-18/h9-14,17-18H,7-8,15-16H2,1-6H3,(H2,34,38)(H,35,37). The van der Waals surface area contributed by atoms with Crippen molar-refractivity contribution in [1.82, 2.24) is 10.3 Å². The molecular formula is C31H37F2N3O6. The Morgan fingerprint density at radius 2 is 1.83 bits per heavy atom. The van der Waals surface area contributed by atoms with Gasteiger partial charge in [-0.3, -0.25) is 4.79 Å². The molecule has 1 unspecified atom stereocenters. The summed E-state index contributed by atoms with van der Waals surface area (Å²) in [6, 6.07) is 8.19. The number of methoxy groups -OCH3 is 1. The number of amides is 2. The fourth-order valence-corrected chi connectivity index (χ4v) is 5.13. The highest BCUT2D eigenvalue weighted by Gasteiger charge is 2.55. The number of ether oxygens (including phenoxy) is 3. The number of primary amides is 1. The summed E-state index contributed by atoms with van der Waals surface area (Å²) < 4.78 is 51.3. The van der Waals surface area contributed by atoms with Crippen LogP contribution < -0.4 is 20.5 Å². The van der Waals surface area contributed by atoms with E-state index < -0.39 is 40.6 Å². The van der Waals surface area contributed by atoms with Crippen LogP contribution in [0, 0.1) is 28.9 Å². The SMILES string of the molecule is COc1ccc(-c2nc(C(=O)NCc3ccc(F)cc3F)c(C(OC(N)=O)(C(C)C)C(C)(C)C)o2)cc1OCC1CC1. The summed E-state index contributed by atoms with van der Waals surface area (Å²) in [4.78, 5) is 30.4. The molecule has 1 aromatic heterocycles. The number of carbonyl (C=O) groups excluding carboxylic acids is 2. The Morgan fingerprint density at radius 1 is 1.12 bits per heavy atom. The Balaban J connectivity index is 1.82. The highest BCUT2D eigenvalue weighted by molar-refractivity contribution is 5.94. The van der Waals surface area contributed by atoms with Crippen LogP contribution in [-0.2, 0) is 16.9 Å². The smallest absolute Gasteiger partial charge is 0.405 e. The molecule has 0 bridgehead atoms. The van der Waals surface area contributed by atoms with Crippen molar-refractivity contribution in [1.29, 1.82) is 0 Å². The van der Waals surface area contributed by atoms with E-state index in [0.29, 0.717) is 29.6 Å². The van der Waals surface area contributed by atoms with Crippen LogP contribution in [0.5, 0.6) is 11.5 Å². The Hall–Kier alpha value is -4.15. The Labute approximate surface area is 243 Å². The highest BCUT2D eigenvalue weighted by atomic mass is 19.1. The van der Waals surface area contributed by atoms with E-state index in [0.717, 1.165) is 25.0 Å². The summed E-state index contributed by atoms with van der Waals surface area (Å²) in [7, 11) is 1.54. The van der Waals surface area contributed by atoms with Crippen molar-refractivity contribution in [2.24, 2.45) is 23.0 Å². The maximum absolute atomic E-state index is 14.3. The van der Waals surface area contributed by atoms with E-state index in [1.165, 1.54) is 13.2 Å². The number of hydrogen-bond acceptors (Lipinski definition) is 7. The number of oxazole rings is 1. The quantitative estimate of drug-likeness (QED) is 0.269. The normalized spacial score (nSPS) is 14.8. The van der Waals surface area contributed by atoms with Crippen LogP contribution in [0.25, 0.3) is 11.5 Å². The zero-order valence-electron chi connectivity index (χ0n) is 24.7. The van der Waals surface area contributed by atoms with E-state index in [2.05, 4.69) is 10.3 Å². The lowest BCUT2D eigenvalue weighted by Crippen LogP contribution is -2.50. The van der Waals surface area contributed by atoms with Crippen LogP contribution in [0.15, 0.2) is 40.8 Å². The van der Waals surface area contributed by atoms with Crippen molar-refractivity contribution >= 4 is 12.0 Å². The van der Waals surface area contributed by atoms with E-state index in [1.54, 1.807) is 18.2 Å². The predicted molar refractivity (Wildman–Crippen MR) is 151 cm³/mol. The molecule has 0 saturated heterocycles. The molecule has 1 fully saturated rings. The molecule has 0 radical (unpaired) electrons. The van der Waals surface area contributed by atoms with Gasteiger partial charge in [0.05, 0.1) is 13.7 Å². The molecule has 42 heavy (non-hydrogen) atoms. The molecule has 1 heterocycles. The monoisotopic (exact) mass is 585 g/mol. The fraction of sp³-hybridized carbons (Fsp3) is 0.452. The van der Waals surface area contributed by atoms with E-state index >= 15 is 0 Å². The summed E-state index contributed by atoms with van der Waals surface area (Å²) in [5.74, 6) is -1.15. The zero-order chi connectivity index (χ0) is 30.8. The van der Waals surface area contributed by atoms with Crippen LogP contribution in [0.1, 0.15) is 69.3 Å². The first-order valence-corrected chi connectivity index (χ1v) is 13.8. The molecule has 226 valence electrons. The topological polar surface area (TPSA) is 126 Å². The number of carbonyl (C=O) groups is 2. The molecule has 0 aliphatic heterocycles. The van der Waals surface area contributed by atoms with Gasteiger partial charge in [-0.15, -0.1) is 0 Å². The van der Waals surface area contributed by atoms with Crippen LogP contribution in [0.2, 0.25) is 0 Å². The van der Waals surface area contributed by atoms with Crippen LogP contribution in [-0.4, -0.2) is 30.7 Å². The maximum atomic E-state index is 14.3. The number of nitrogens with two attached hydrogens (primary N) is 1. The van der Waals surface area contributed by atoms with Gasteiger partial charge in [0.2, 0.25) is 5.89 Å². The average Bonchev–Trinajstić information content (AvgIpc) is 3.64. The summed E-state index contributed by atoms with van der Waals surface area (Å²) in [5.41, 5.74) is 3.57. The second-order valence-electron chi connectivity index (χ2n) is 11.8. The van der Waals surface area contributed by atoms with Gasteiger partial charge in [0.1, 0.15) is 11.6 Å². The molecule has 3 N–H and O–H groups in total. The number of rotatable bonds is 11. The third kappa shape index (κ3) is 6.34. The molecule has 1 aliphatic rings. The molecule has 1 aliphatic carbocycles. The van der Waals surface area contributed by atoms with E-state index in [1.807, 2.05) is 34.6 Å². The van der Waals surface area contributed by atoms with Crippen molar-refractivity contribution in [3.05, 3.63) is 65.1 Å². The van der Waals surface area contributed by atoms with Gasteiger partial charge in [-0.2, -0.15) is 0 Å². The first-order chi connectivity index (χ1) is 19.8. The minimum Gasteiger partial charge on any atom is -0.493 e. The van der Waals surface area contributed by atoms with Gasteiger partial charge in [-0.1, -0.05) is 40.7 Å². The number of benzene rings is 2. The second kappa shape index (κ2) is 12.0. The zero-order valence-corrected chi connectivity index (χ0v) is 24.7. The molecule has 2 amide bonds. The molecule has 1 saturated carbocycles. The highest BCUT2D eigenvalue weighted by Crippen LogP contribution is 2.50. The maximum Gasteiger partial charge on any atom is 0.405 e.